The number of para-hydroxylation sites is 3. The van der Waals surface area contributed by atoms with Gasteiger partial charge in [-0.05, 0) is 61.5 Å². The smallest absolute Gasteiger partial charge is 0.105 e. The van der Waals surface area contributed by atoms with Crippen molar-refractivity contribution in [3.05, 3.63) is 127 Å². The second kappa shape index (κ2) is 8.67. The van der Waals surface area contributed by atoms with Crippen LogP contribution in [0.2, 0.25) is 0 Å². The summed E-state index contributed by atoms with van der Waals surface area (Å²) in [7, 11) is 0. The van der Waals surface area contributed by atoms with Crippen LogP contribution >= 0.6 is 0 Å². The highest BCUT2D eigenvalue weighted by atomic mass is 15.3. The Labute approximate surface area is 237 Å². The molecular weight excluding hydrogens is 500 g/mol. The van der Waals surface area contributed by atoms with Gasteiger partial charge in [0.15, 0.2) is 0 Å². The van der Waals surface area contributed by atoms with Crippen LogP contribution < -0.4 is 5.84 Å². The summed E-state index contributed by atoms with van der Waals surface area (Å²) in [6.07, 6.45) is 10.3. The number of rotatable bonds is 3. The van der Waals surface area contributed by atoms with E-state index >= 15 is 0 Å². The minimum Gasteiger partial charge on any atom is -0.339 e. The van der Waals surface area contributed by atoms with Gasteiger partial charge >= 0.3 is 0 Å². The molecule has 0 radical (unpaired) electrons. The summed E-state index contributed by atoms with van der Waals surface area (Å²) in [5.41, 5.74) is 9.32. The molecule has 3 aromatic heterocycles. The van der Waals surface area contributed by atoms with Gasteiger partial charge in [-0.1, -0.05) is 72.7 Å². The Morgan fingerprint density at radius 2 is 1.15 bits per heavy atom. The molecule has 0 saturated carbocycles. The van der Waals surface area contributed by atoms with Crippen LogP contribution in [0.3, 0.4) is 0 Å². The highest BCUT2D eigenvalue weighted by Gasteiger charge is 2.21. The zero-order chi connectivity index (χ0) is 27.7. The van der Waals surface area contributed by atoms with Crippen LogP contribution in [-0.2, 0) is 0 Å². The van der Waals surface area contributed by atoms with Crippen molar-refractivity contribution in [2.75, 3.05) is 5.84 Å². The summed E-state index contributed by atoms with van der Waals surface area (Å²) in [4.78, 5) is 0. The van der Waals surface area contributed by atoms with Gasteiger partial charge < -0.3 is 15.0 Å². The molecule has 41 heavy (non-hydrogen) atoms. The van der Waals surface area contributed by atoms with Crippen LogP contribution in [0.25, 0.3) is 72.0 Å². The molecule has 0 aliphatic heterocycles. The summed E-state index contributed by atoms with van der Waals surface area (Å²) < 4.78 is 6.33. The molecule has 0 fully saturated rings. The molecule has 0 unspecified atom stereocenters. The second-order valence-electron chi connectivity index (χ2n) is 10.4. The maximum atomic E-state index is 6.89. The van der Waals surface area contributed by atoms with Gasteiger partial charge in [-0.25, -0.2) is 0 Å². The van der Waals surface area contributed by atoms with E-state index in [1.165, 1.54) is 16.3 Å². The van der Waals surface area contributed by atoms with E-state index in [1.54, 1.807) is 0 Å². The molecule has 0 aliphatic carbocycles. The third kappa shape index (κ3) is 3.18. The van der Waals surface area contributed by atoms with Crippen LogP contribution in [0.5, 0.6) is 0 Å². The van der Waals surface area contributed by atoms with Crippen LogP contribution in [-0.4, -0.2) is 13.8 Å². The summed E-state index contributed by atoms with van der Waals surface area (Å²) >= 11 is 0. The number of nitrogens with two attached hydrogens (primary N) is 1. The third-order valence-electron chi connectivity index (χ3n) is 8.22. The number of nitrogen functional groups attached to an aromatic ring is 1. The Morgan fingerprint density at radius 3 is 1.85 bits per heavy atom. The number of hydrogen-bond donors (Lipinski definition) is 1. The van der Waals surface area contributed by atoms with Crippen LogP contribution in [0.15, 0.2) is 115 Å². The number of hydrogen-bond acceptors (Lipinski definition) is 1. The average molecular weight is 527 g/mol. The van der Waals surface area contributed by atoms with Crippen LogP contribution in [0, 0.1) is 12.3 Å². The van der Waals surface area contributed by atoms with Gasteiger partial charge in [0.1, 0.15) is 5.69 Å². The van der Waals surface area contributed by atoms with Gasteiger partial charge in [0.2, 0.25) is 0 Å². The fraction of sp³-hybridized carbons (Fsp3) is 0.0270. The molecule has 0 aliphatic rings. The Bertz CT molecular complexity index is 2370. The summed E-state index contributed by atoms with van der Waals surface area (Å²) in [6.45, 7) is 2.02. The van der Waals surface area contributed by atoms with Gasteiger partial charge in [-0.2, -0.15) is 0 Å². The van der Waals surface area contributed by atoms with Gasteiger partial charge in [-0.15, -0.1) is 6.42 Å². The van der Waals surface area contributed by atoms with E-state index in [9.17, 15) is 0 Å². The predicted molar refractivity (Wildman–Crippen MR) is 173 cm³/mol. The Hall–Kier alpha value is -5.66. The number of terminal acetylenes is 1. The van der Waals surface area contributed by atoms with Crippen molar-refractivity contribution in [1.29, 1.82) is 0 Å². The molecule has 194 valence electrons. The quantitative estimate of drug-likeness (QED) is 0.182. The van der Waals surface area contributed by atoms with Crippen LogP contribution in [0.1, 0.15) is 18.2 Å². The Balaban J connectivity index is 1.53. The van der Waals surface area contributed by atoms with E-state index < -0.39 is 0 Å². The van der Waals surface area contributed by atoms with E-state index in [-0.39, 0.29) is 0 Å². The number of aromatic nitrogens is 3. The molecule has 4 nitrogen and oxygen atoms in total. The lowest BCUT2D eigenvalue weighted by Crippen LogP contribution is -2.07. The van der Waals surface area contributed by atoms with Crippen molar-refractivity contribution in [1.82, 2.24) is 13.8 Å². The number of allylic oxidation sites excluding steroid dienone is 1. The van der Waals surface area contributed by atoms with Crippen molar-refractivity contribution in [3.8, 4) is 23.7 Å². The van der Waals surface area contributed by atoms with E-state index in [0.29, 0.717) is 0 Å². The molecule has 8 aromatic rings. The molecule has 5 aromatic carbocycles. The maximum absolute atomic E-state index is 6.89. The van der Waals surface area contributed by atoms with E-state index in [2.05, 4.69) is 112 Å². The lowest BCUT2D eigenvalue weighted by Gasteiger charge is -2.08. The summed E-state index contributed by atoms with van der Waals surface area (Å²) in [5, 5.41) is 5.69. The van der Waals surface area contributed by atoms with E-state index in [1.807, 2.05) is 35.9 Å². The molecule has 0 spiro atoms. The molecule has 8 rings (SSSR count). The molecular formula is C37H26N4. The molecule has 4 heteroatoms. The number of benzene rings is 5. The largest absolute Gasteiger partial charge is 0.339 e. The first kappa shape index (κ1) is 23.2. The maximum Gasteiger partial charge on any atom is 0.105 e. The van der Waals surface area contributed by atoms with E-state index in [4.69, 9.17) is 12.3 Å². The first-order chi connectivity index (χ1) is 20.2. The topological polar surface area (TPSA) is 40.8 Å². The average Bonchev–Trinajstić information content (AvgIpc) is 3.61. The zero-order valence-electron chi connectivity index (χ0n) is 22.5. The summed E-state index contributed by atoms with van der Waals surface area (Å²) in [6, 6.07) is 38.3. The first-order valence-corrected chi connectivity index (χ1v) is 13.7. The number of nitrogens with zero attached hydrogens (tertiary/aromatic N) is 3. The summed E-state index contributed by atoms with van der Waals surface area (Å²) in [5.74, 6) is 9.86. The fourth-order valence-electron chi connectivity index (χ4n) is 6.49. The highest BCUT2D eigenvalue weighted by molar-refractivity contribution is 6.20. The van der Waals surface area contributed by atoms with Crippen molar-refractivity contribution in [2.45, 2.75) is 6.92 Å². The van der Waals surface area contributed by atoms with Crippen LogP contribution in [0.4, 0.5) is 0 Å². The molecule has 0 bridgehead atoms. The second-order valence-corrected chi connectivity index (χ2v) is 10.4. The third-order valence-corrected chi connectivity index (χ3v) is 8.22. The molecule has 0 atom stereocenters. The van der Waals surface area contributed by atoms with Gasteiger partial charge in [0, 0.05) is 43.9 Å². The lowest BCUT2D eigenvalue weighted by atomic mass is 10.1. The normalized spacial score (nSPS) is 12.0. The Kier molecular flexibility index (Phi) is 4.92. The van der Waals surface area contributed by atoms with Crippen molar-refractivity contribution in [3.63, 3.8) is 0 Å². The highest BCUT2D eigenvalue weighted by Crippen LogP contribution is 2.40. The molecule has 3 heterocycles. The number of fused-ring (bicyclic) bond motifs is 7. The van der Waals surface area contributed by atoms with Crippen molar-refractivity contribution in [2.24, 2.45) is 0 Å². The molecule has 0 amide bonds. The van der Waals surface area contributed by atoms with Crippen molar-refractivity contribution >= 4 is 60.6 Å². The molecule has 0 saturated heterocycles. The monoisotopic (exact) mass is 526 g/mol. The van der Waals surface area contributed by atoms with Crippen molar-refractivity contribution < 1.29 is 0 Å². The lowest BCUT2D eigenvalue weighted by molar-refractivity contribution is 1.09. The predicted octanol–water partition coefficient (Wildman–Crippen LogP) is 8.56. The van der Waals surface area contributed by atoms with E-state index in [0.717, 1.165) is 60.9 Å². The minimum atomic E-state index is 0.830. The van der Waals surface area contributed by atoms with Gasteiger partial charge in [0.05, 0.1) is 27.6 Å². The standard InChI is InChI=1S/C37H26N4/c1-3-13-26-28-20-29-31-21-34-30(27-18-11-12-19-33(27)40(34)25-16-9-6-10-17-25)22-36(31)41(38)37(29)23-35(28)39(32(26)4-2)24-14-7-5-8-15-24/h2-3,5-23H,38H2,1H3/b13-3-. The fourth-order valence-corrected chi connectivity index (χ4v) is 6.49. The SMILES string of the molecule is C#Cc1c(/C=C\C)c2cc3c4cc5c(cc4n(N)c3cc2n1-c1ccccc1)c1ccccc1n5-c1ccccc1. The Morgan fingerprint density at radius 1 is 0.585 bits per heavy atom. The zero-order valence-corrected chi connectivity index (χ0v) is 22.5. The molecule has 2 N–H and O–H groups in total. The first-order valence-electron chi connectivity index (χ1n) is 13.7. The van der Waals surface area contributed by atoms with Gasteiger partial charge in [-0.3, -0.25) is 4.68 Å². The van der Waals surface area contributed by atoms with Gasteiger partial charge in [0.25, 0.3) is 0 Å². The minimum absolute atomic E-state index is 0.830.